The zero-order chi connectivity index (χ0) is 24.2. The zero-order valence-corrected chi connectivity index (χ0v) is 23.4. The Kier molecular flexibility index (Phi) is 13.9. The van der Waals surface area contributed by atoms with E-state index in [1.165, 1.54) is 71.5 Å². The molecule has 2 aliphatic heterocycles. The summed E-state index contributed by atoms with van der Waals surface area (Å²) < 4.78 is 6.41. The van der Waals surface area contributed by atoms with Crippen LogP contribution in [0.3, 0.4) is 0 Å². The average Bonchev–Trinajstić information content (AvgIpc) is 2.79. The lowest BCUT2D eigenvalue weighted by atomic mass is 9.95. The van der Waals surface area contributed by atoms with E-state index in [2.05, 4.69) is 68.4 Å². The highest BCUT2D eigenvalue weighted by Gasteiger charge is 2.30. The summed E-state index contributed by atoms with van der Waals surface area (Å²) in [5.41, 5.74) is 0.153. The van der Waals surface area contributed by atoms with Crippen molar-refractivity contribution in [1.29, 1.82) is 0 Å². The van der Waals surface area contributed by atoms with Crippen LogP contribution >= 0.6 is 0 Å². The van der Waals surface area contributed by atoms with E-state index in [-0.39, 0.29) is 11.1 Å². The lowest BCUT2D eigenvalue weighted by Gasteiger charge is -2.44. The molecule has 0 atom stereocenters. The summed E-state index contributed by atoms with van der Waals surface area (Å²) in [6.45, 7) is 28.3. The maximum atomic E-state index is 6.41. The average molecular weight is 455 g/mol. The fourth-order valence-corrected chi connectivity index (χ4v) is 4.94. The largest absolute Gasteiger partial charge is 0.375 e. The SMILES string of the molecule is CC.CCCN1CCN(C(C)(C)CCOC(C)(C)CCN(C)N2CCC(CC)CC2)CC1. The van der Waals surface area contributed by atoms with Crippen LogP contribution in [-0.4, -0.2) is 97.0 Å². The molecule has 0 radical (unpaired) electrons. The van der Waals surface area contributed by atoms with Gasteiger partial charge in [0.25, 0.3) is 0 Å². The molecule has 0 amide bonds. The van der Waals surface area contributed by atoms with Crippen molar-refractivity contribution in [2.45, 2.75) is 105 Å². The van der Waals surface area contributed by atoms with Crippen LogP contribution < -0.4 is 0 Å². The highest BCUT2D eigenvalue weighted by molar-refractivity contribution is 4.86. The lowest BCUT2D eigenvalue weighted by Crippen LogP contribution is -2.55. The molecule has 5 nitrogen and oxygen atoms in total. The van der Waals surface area contributed by atoms with Crippen molar-refractivity contribution >= 4 is 0 Å². The van der Waals surface area contributed by atoms with Crippen molar-refractivity contribution in [2.24, 2.45) is 5.92 Å². The molecule has 0 spiro atoms. The molecule has 2 aliphatic rings. The molecule has 0 saturated carbocycles. The number of rotatable bonds is 12. The van der Waals surface area contributed by atoms with Crippen LogP contribution in [0.5, 0.6) is 0 Å². The van der Waals surface area contributed by atoms with E-state index in [1.807, 2.05) is 13.8 Å². The number of hydrogen-bond donors (Lipinski definition) is 0. The van der Waals surface area contributed by atoms with Gasteiger partial charge in [-0.05, 0) is 72.3 Å². The van der Waals surface area contributed by atoms with Gasteiger partial charge in [0.05, 0.1) is 5.60 Å². The number of nitrogens with zero attached hydrogens (tertiary/aromatic N) is 4. The first kappa shape index (κ1) is 29.8. The quantitative estimate of drug-likeness (QED) is 0.395. The zero-order valence-electron chi connectivity index (χ0n) is 23.4. The van der Waals surface area contributed by atoms with Gasteiger partial charge in [-0.2, -0.15) is 0 Å². The number of piperidine rings is 1. The highest BCUT2D eigenvalue weighted by Crippen LogP contribution is 2.24. The summed E-state index contributed by atoms with van der Waals surface area (Å²) >= 11 is 0. The van der Waals surface area contributed by atoms with Crippen molar-refractivity contribution in [3.8, 4) is 0 Å². The summed E-state index contributed by atoms with van der Waals surface area (Å²) in [4.78, 5) is 5.27. The monoisotopic (exact) mass is 454 g/mol. The topological polar surface area (TPSA) is 22.2 Å². The van der Waals surface area contributed by atoms with E-state index in [4.69, 9.17) is 4.74 Å². The third kappa shape index (κ3) is 10.4. The predicted octanol–water partition coefficient (Wildman–Crippen LogP) is 5.36. The van der Waals surface area contributed by atoms with Gasteiger partial charge in [0.15, 0.2) is 0 Å². The normalized spacial score (nSPS) is 20.4. The van der Waals surface area contributed by atoms with Crippen LogP contribution in [0.4, 0.5) is 0 Å². The maximum Gasteiger partial charge on any atom is 0.0639 e. The van der Waals surface area contributed by atoms with Crippen molar-refractivity contribution < 1.29 is 4.74 Å². The molecular weight excluding hydrogens is 396 g/mol. The molecular formula is C27H58N4O. The molecule has 2 fully saturated rings. The number of ether oxygens (including phenoxy) is 1. The van der Waals surface area contributed by atoms with Crippen LogP contribution in [0.15, 0.2) is 0 Å². The Morgan fingerprint density at radius 1 is 0.875 bits per heavy atom. The summed E-state index contributed by atoms with van der Waals surface area (Å²) in [5.74, 6) is 0.937. The van der Waals surface area contributed by atoms with Crippen LogP contribution in [0, 0.1) is 5.92 Å². The minimum atomic E-state index is -0.0636. The molecule has 32 heavy (non-hydrogen) atoms. The predicted molar refractivity (Wildman–Crippen MR) is 140 cm³/mol. The van der Waals surface area contributed by atoms with Gasteiger partial charge in [-0.25, -0.2) is 10.0 Å². The van der Waals surface area contributed by atoms with E-state index in [0.717, 1.165) is 31.9 Å². The van der Waals surface area contributed by atoms with E-state index in [1.54, 1.807) is 0 Å². The Bertz CT molecular complexity index is 466. The van der Waals surface area contributed by atoms with Gasteiger partial charge >= 0.3 is 0 Å². The van der Waals surface area contributed by atoms with Crippen LogP contribution in [0.2, 0.25) is 0 Å². The van der Waals surface area contributed by atoms with Crippen LogP contribution in [-0.2, 0) is 4.74 Å². The Hall–Kier alpha value is -0.200. The van der Waals surface area contributed by atoms with Gasteiger partial charge < -0.3 is 9.64 Å². The third-order valence-corrected chi connectivity index (χ3v) is 7.66. The molecule has 0 N–H and O–H groups in total. The fraction of sp³-hybridized carbons (Fsp3) is 1.00. The third-order valence-electron chi connectivity index (χ3n) is 7.66. The Morgan fingerprint density at radius 2 is 1.47 bits per heavy atom. The van der Waals surface area contributed by atoms with Crippen molar-refractivity contribution in [3.63, 3.8) is 0 Å². The van der Waals surface area contributed by atoms with Gasteiger partial charge in [-0.1, -0.05) is 34.1 Å². The molecule has 2 saturated heterocycles. The first-order chi connectivity index (χ1) is 15.2. The van der Waals surface area contributed by atoms with Crippen molar-refractivity contribution in [1.82, 2.24) is 19.8 Å². The van der Waals surface area contributed by atoms with Crippen LogP contribution in [0.25, 0.3) is 0 Å². The molecule has 0 aliphatic carbocycles. The molecule has 2 rings (SSSR count). The minimum absolute atomic E-state index is 0.0636. The van der Waals surface area contributed by atoms with E-state index in [9.17, 15) is 0 Å². The number of piperazine rings is 1. The van der Waals surface area contributed by atoms with E-state index >= 15 is 0 Å². The first-order valence-corrected chi connectivity index (χ1v) is 13.7. The molecule has 0 aromatic rings. The molecule has 0 aromatic heterocycles. The summed E-state index contributed by atoms with van der Waals surface area (Å²) in [5, 5.41) is 4.99. The Morgan fingerprint density at radius 3 is 2.00 bits per heavy atom. The molecule has 192 valence electrons. The molecule has 0 unspecified atom stereocenters. The second-order valence-electron chi connectivity index (χ2n) is 10.9. The molecule has 5 heteroatoms. The molecule has 2 heterocycles. The highest BCUT2D eigenvalue weighted by atomic mass is 16.5. The van der Waals surface area contributed by atoms with E-state index < -0.39 is 0 Å². The standard InChI is InChI=1S/C25H52N4O.C2H6/c1-8-14-27-18-20-28(21-19-27)24(3,4)13-22-30-25(5,6)12-17-26(7)29-15-10-23(9-2)11-16-29;1-2/h23H,8-22H2,1-7H3;1-2H3. The first-order valence-electron chi connectivity index (χ1n) is 13.7. The fourth-order valence-electron chi connectivity index (χ4n) is 4.94. The van der Waals surface area contributed by atoms with Crippen molar-refractivity contribution in [2.75, 3.05) is 66.0 Å². The lowest BCUT2D eigenvalue weighted by molar-refractivity contribution is -0.0734. The van der Waals surface area contributed by atoms with Gasteiger partial charge in [0, 0.05) is 65.0 Å². The summed E-state index contributed by atoms with van der Waals surface area (Å²) in [6, 6.07) is 0. The van der Waals surface area contributed by atoms with Gasteiger partial charge in [-0.15, -0.1) is 0 Å². The van der Waals surface area contributed by atoms with Crippen molar-refractivity contribution in [3.05, 3.63) is 0 Å². The van der Waals surface area contributed by atoms with Gasteiger partial charge in [0.1, 0.15) is 0 Å². The van der Waals surface area contributed by atoms with E-state index in [0.29, 0.717) is 0 Å². The van der Waals surface area contributed by atoms with Gasteiger partial charge in [0.2, 0.25) is 0 Å². The Labute approximate surface area is 201 Å². The Balaban J connectivity index is 0.00000249. The second kappa shape index (κ2) is 14.9. The number of hydrogen-bond acceptors (Lipinski definition) is 5. The maximum absolute atomic E-state index is 6.41. The smallest absolute Gasteiger partial charge is 0.0639 e. The minimum Gasteiger partial charge on any atom is -0.375 e. The summed E-state index contributed by atoms with van der Waals surface area (Å²) in [7, 11) is 2.25. The summed E-state index contributed by atoms with van der Waals surface area (Å²) in [6.07, 6.45) is 7.48. The molecule has 0 bridgehead atoms. The van der Waals surface area contributed by atoms with Crippen LogP contribution in [0.1, 0.15) is 93.9 Å². The second-order valence-corrected chi connectivity index (χ2v) is 10.9. The molecule has 0 aromatic carbocycles. The van der Waals surface area contributed by atoms with Gasteiger partial charge in [-0.3, -0.25) is 4.90 Å². The number of hydrazine groups is 1.